The minimum absolute atomic E-state index is 0.0156. The largest absolute Gasteiger partial charge is 0.508 e. The van der Waals surface area contributed by atoms with Crippen molar-refractivity contribution < 1.29 is 38.7 Å². The van der Waals surface area contributed by atoms with Crippen molar-refractivity contribution in [3.63, 3.8) is 0 Å². The number of aromatic hydroxyl groups is 1. The third kappa shape index (κ3) is 15.7. The van der Waals surface area contributed by atoms with Gasteiger partial charge in [-0.3, -0.25) is 33.6 Å². The van der Waals surface area contributed by atoms with E-state index in [0.717, 1.165) is 27.2 Å². The summed E-state index contributed by atoms with van der Waals surface area (Å²) in [7, 11) is 0. The molecule has 368 valence electrons. The van der Waals surface area contributed by atoms with Gasteiger partial charge in [-0.15, -0.1) is 0 Å². The molecule has 0 saturated carbocycles. The summed E-state index contributed by atoms with van der Waals surface area (Å²) < 4.78 is 0. The Bertz CT molecular complexity index is 2570. The Morgan fingerprint density at radius 1 is 0.623 bits per heavy atom. The molecule has 1 heterocycles. The van der Waals surface area contributed by atoms with Crippen LogP contribution >= 0.6 is 25.3 Å². The second kappa shape index (κ2) is 26.3. The Kier molecular flexibility index (Phi) is 20.3. The lowest BCUT2D eigenvalue weighted by Crippen LogP contribution is -2.61. The summed E-state index contributed by atoms with van der Waals surface area (Å²) in [4.78, 5) is 99.1. The highest BCUT2D eigenvalue weighted by Crippen LogP contribution is 2.21. The average Bonchev–Trinajstić information content (AvgIpc) is 3.74. The molecule has 4 aromatic carbocycles. The van der Waals surface area contributed by atoms with E-state index in [-0.39, 0.29) is 49.4 Å². The fourth-order valence-electron chi connectivity index (χ4n) is 7.82. The van der Waals surface area contributed by atoms with Crippen molar-refractivity contribution in [1.29, 1.82) is 0 Å². The van der Waals surface area contributed by atoms with Gasteiger partial charge in [0, 0.05) is 48.5 Å². The summed E-state index contributed by atoms with van der Waals surface area (Å²) in [6.45, 7) is 3.71. The summed E-state index contributed by atoms with van der Waals surface area (Å²) in [5, 5.41) is 29.1. The number of nitrogens with two attached hydrogens (primary N) is 2. The molecule has 0 saturated heterocycles. The number of phenolic OH excluding ortho intramolecular Hbond substituents is 1. The number of benzene rings is 4. The fraction of sp³-hybridized carbons (Fsp3) is 0.380. The molecule has 7 amide bonds. The first kappa shape index (κ1) is 53.4. The Labute approximate surface area is 412 Å². The lowest BCUT2D eigenvalue weighted by Gasteiger charge is -2.28. The first-order valence-corrected chi connectivity index (χ1v) is 24.2. The van der Waals surface area contributed by atoms with Crippen molar-refractivity contribution in [1.82, 2.24) is 36.9 Å². The number of carbonyl (C=O) groups is 7. The number of thiol groups is 2. The third-order valence-electron chi connectivity index (χ3n) is 11.7. The minimum Gasteiger partial charge on any atom is -0.508 e. The molecule has 0 aliphatic carbocycles. The number of phenols is 1. The van der Waals surface area contributed by atoms with Crippen LogP contribution in [0.25, 0.3) is 21.7 Å². The Balaban J connectivity index is 1.33. The molecule has 5 rings (SSSR count). The first-order chi connectivity index (χ1) is 33.1. The van der Waals surface area contributed by atoms with Crippen molar-refractivity contribution in [3.05, 3.63) is 114 Å². The molecule has 0 aliphatic heterocycles. The van der Waals surface area contributed by atoms with Crippen LogP contribution in [0.1, 0.15) is 56.2 Å². The van der Waals surface area contributed by atoms with Crippen molar-refractivity contribution >= 4 is 88.3 Å². The van der Waals surface area contributed by atoms with E-state index in [1.54, 1.807) is 32.2 Å². The van der Waals surface area contributed by atoms with E-state index in [2.05, 4.69) is 62.1 Å². The van der Waals surface area contributed by atoms with E-state index >= 15 is 0 Å². The van der Waals surface area contributed by atoms with Gasteiger partial charge in [-0.05, 0) is 83.1 Å². The topological polar surface area (TPSA) is 280 Å². The number of nitrogens with one attached hydrogen (secondary N) is 7. The van der Waals surface area contributed by atoms with Gasteiger partial charge >= 0.3 is 0 Å². The van der Waals surface area contributed by atoms with Crippen LogP contribution in [0, 0.1) is 5.92 Å². The van der Waals surface area contributed by atoms with Gasteiger partial charge in [0.25, 0.3) is 0 Å². The van der Waals surface area contributed by atoms with Crippen LogP contribution in [0.3, 0.4) is 0 Å². The molecule has 69 heavy (non-hydrogen) atoms. The number of carbonyl (C=O) groups excluding carboxylic acids is 7. The molecular weight excluding hydrogens is 919 g/mol. The summed E-state index contributed by atoms with van der Waals surface area (Å²) in [5.41, 5.74) is 14.4. The number of fused-ring (bicyclic) bond motifs is 2. The highest BCUT2D eigenvalue weighted by atomic mass is 32.1. The molecule has 0 bridgehead atoms. The zero-order valence-corrected chi connectivity index (χ0v) is 40.5. The lowest BCUT2D eigenvalue weighted by molar-refractivity contribution is -0.135. The van der Waals surface area contributed by atoms with Crippen LogP contribution in [0.4, 0.5) is 0 Å². The predicted molar refractivity (Wildman–Crippen MR) is 272 cm³/mol. The van der Waals surface area contributed by atoms with Gasteiger partial charge in [0.15, 0.2) is 0 Å². The fourth-order valence-corrected chi connectivity index (χ4v) is 8.28. The normalized spacial score (nSPS) is 13.9. The number of unbranched alkanes of at least 4 members (excludes halogenated alkanes) is 1. The average molecular weight is 982 g/mol. The summed E-state index contributed by atoms with van der Waals surface area (Å²) in [5.74, 6) is -5.14. The third-order valence-corrected chi connectivity index (χ3v) is 12.2. The Hall–Kier alpha value is -6.57. The Morgan fingerprint density at radius 2 is 1.20 bits per heavy atom. The maximum atomic E-state index is 14.5. The van der Waals surface area contributed by atoms with E-state index < -0.39 is 83.5 Å². The van der Waals surface area contributed by atoms with Crippen molar-refractivity contribution in [2.24, 2.45) is 17.4 Å². The van der Waals surface area contributed by atoms with Crippen LogP contribution in [-0.2, 0) is 52.8 Å². The van der Waals surface area contributed by atoms with Crippen LogP contribution in [0.2, 0.25) is 0 Å². The number of para-hydroxylation sites is 1. The predicted octanol–water partition coefficient (Wildman–Crippen LogP) is 2.48. The molecule has 0 radical (unpaired) electrons. The van der Waals surface area contributed by atoms with Gasteiger partial charge < -0.3 is 53.5 Å². The van der Waals surface area contributed by atoms with Gasteiger partial charge in [-0.1, -0.05) is 86.6 Å². The second-order valence-electron chi connectivity index (χ2n) is 17.3. The molecule has 0 unspecified atom stereocenters. The number of aromatic amines is 1. The zero-order valence-electron chi connectivity index (χ0n) is 38.7. The van der Waals surface area contributed by atoms with E-state index in [0.29, 0.717) is 30.5 Å². The van der Waals surface area contributed by atoms with Gasteiger partial charge in [0.05, 0.1) is 0 Å². The molecule has 0 fully saturated rings. The van der Waals surface area contributed by atoms with Gasteiger partial charge in [0.2, 0.25) is 41.4 Å². The monoisotopic (exact) mass is 981 g/mol. The van der Waals surface area contributed by atoms with Crippen molar-refractivity contribution in [2.45, 2.75) is 95.0 Å². The number of aromatic nitrogens is 1. The van der Waals surface area contributed by atoms with Gasteiger partial charge in [-0.2, -0.15) is 25.3 Å². The Morgan fingerprint density at radius 3 is 1.87 bits per heavy atom. The number of primary amides is 1. The maximum absolute atomic E-state index is 14.5. The quantitative estimate of drug-likeness (QED) is 0.0286. The van der Waals surface area contributed by atoms with E-state index in [1.807, 2.05) is 66.7 Å². The van der Waals surface area contributed by atoms with E-state index in [9.17, 15) is 38.7 Å². The molecule has 0 aliphatic rings. The number of hydrogen-bond acceptors (Lipinski definition) is 11. The number of rotatable bonds is 26. The van der Waals surface area contributed by atoms with Crippen LogP contribution in [-0.4, -0.2) is 106 Å². The summed E-state index contributed by atoms with van der Waals surface area (Å²) in [6.07, 6.45) is 2.92. The number of amides is 7. The van der Waals surface area contributed by atoms with E-state index in [1.165, 1.54) is 12.1 Å². The van der Waals surface area contributed by atoms with Gasteiger partial charge in [-0.25, -0.2) is 0 Å². The highest BCUT2D eigenvalue weighted by molar-refractivity contribution is 7.80. The molecule has 0 spiro atoms. The van der Waals surface area contributed by atoms with Gasteiger partial charge in [0.1, 0.15) is 42.0 Å². The molecule has 5 aromatic rings. The van der Waals surface area contributed by atoms with Crippen LogP contribution < -0.4 is 43.4 Å². The van der Waals surface area contributed by atoms with Crippen LogP contribution in [0.15, 0.2) is 97.2 Å². The molecule has 1 aromatic heterocycles. The zero-order chi connectivity index (χ0) is 50.0. The molecule has 12 N–H and O–H groups in total. The van der Waals surface area contributed by atoms with Crippen LogP contribution in [0.5, 0.6) is 5.75 Å². The molecule has 19 heteroatoms. The van der Waals surface area contributed by atoms with Crippen molar-refractivity contribution in [2.75, 3.05) is 18.1 Å². The molecular formula is C50H63N9O8S2. The smallest absolute Gasteiger partial charge is 0.244 e. The number of hydrogen-bond donors (Lipinski definition) is 12. The standard InChI is InChI=1S/C50H63N9O8S2/c1-29(2)44(50(67)58-42(28-69)49(66)56-39(45(52)62)25-31-14-17-32-9-3-4-10-33(32)23-31)59-46(63)38(13-7-8-21-51)55-48(65)41(26-34-27-53-37-12-6-5-11-36(34)37)57-47(64)40(54-43(61)20-22-68)24-30-15-18-35(60)19-16-30/h3-6,9-12,14-19,23,27,29,38-42,44,53,60,68-69H,7-8,13,20-22,24-26,28,51H2,1-2H3,(H2,52,62)(H,54,61)(H,55,65)(H,56,66)(H,57,64)(H,58,67)(H,59,63)/t38-,39-,40-,41+,42-,44-/m0/s1. The minimum atomic E-state index is -1.27. The van der Waals surface area contributed by atoms with E-state index in [4.69, 9.17) is 11.5 Å². The summed E-state index contributed by atoms with van der Waals surface area (Å²) in [6, 6.07) is 19.8. The maximum Gasteiger partial charge on any atom is 0.244 e. The lowest BCUT2D eigenvalue weighted by atomic mass is 10.00. The summed E-state index contributed by atoms with van der Waals surface area (Å²) >= 11 is 8.46. The molecule has 17 nitrogen and oxygen atoms in total. The molecule has 6 atom stereocenters. The second-order valence-corrected chi connectivity index (χ2v) is 18.1. The SMILES string of the molecule is CC(C)[C@H](NC(=O)[C@H](CCCCN)NC(=O)[C@@H](Cc1c[nH]c2ccccc12)NC(=O)[C@H](Cc1ccc(O)cc1)NC(=O)CCS)C(=O)N[C@@H](CS)C(=O)N[C@@H](Cc1ccc2ccccc2c1)C(N)=O. The van der Waals surface area contributed by atoms with Crippen molar-refractivity contribution in [3.8, 4) is 5.75 Å². The number of H-pyrrole nitrogens is 1. The highest BCUT2D eigenvalue weighted by Gasteiger charge is 2.34. The first-order valence-electron chi connectivity index (χ1n) is 22.9.